The Balaban J connectivity index is 1.33. The zero-order chi connectivity index (χ0) is 22.5. The zero-order valence-corrected chi connectivity index (χ0v) is 18.8. The summed E-state index contributed by atoms with van der Waals surface area (Å²) >= 11 is 7.04. The van der Waals surface area contributed by atoms with Crippen LogP contribution >= 0.6 is 23.4 Å². The summed E-state index contributed by atoms with van der Waals surface area (Å²) in [5.74, 6) is 0.960. The number of nitrogens with zero attached hydrogens (tertiary/aromatic N) is 2. The van der Waals surface area contributed by atoms with Crippen LogP contribution < -0.4 is 20.1 Å². The van der Waals surface area contributed by atoms with Crippen LogP contribution in [-0.2, 0) is 16.0 Å². The highest BCUT2D eigenvalue weighted by atomic mass is 35.5. The van der Waals surface area contributed by atoms with Crippen molar-refractivity contribution in [2.45, 2.75) is 31.4 Å². The third-order valence-corrected chi connectivity index (χ3v) is 6.12. The van der Waals surface area contributed by atoms with Gasteiger partial charge in [-0.05, 0) is 61.7 Å². The lowest BCUT2D eigenvalue weighted by molar-refractivity contribution is -0.123. The Morgan fingerprint density at radius 1 is 1.22 bits per heavy atom. The first-order chi connectivity index (χ1) is 15.5. The van der Waals surface area contributed by atoms with Crippen LogP contribution in [0.3, 0.4) is 0 Å². The van der Waals surface area contributed by atoms with Gasteiger partial charge in [0.05, 0.1) is 0 Å². The summed E-state index contributed by atoms with van der Waals surface area (Å²) in [6, 6.07) is 12.6. The van der Waals surface area contributed by atoms with Gasteiger partial charge in [-0.2, -0.15) is 5.10 Å². The van der Waals surface area contributed by atoms with Gasteiger partial charge < -0.3 is 20.1 Å². The van der Waals surface area contributed by atoms with Gasteiger partial charge in [-0.1, -0.05) is 29.4 Å². The average molecular weight is 473 g/mol. The van der Waals surface area contributed by atoms with E-state index in [4.69, 9.17) is 21.1 Å². The number of benzene rings is 2. The number of thioether (sulfide) groups is 1. The number of anilines is 1. The summed E-state index contributed by atoms with van der Waals surface area (Å²) in [7, 11) is 0. The molecule has 10 heteroatoms. The van der Waals surface area contributed by atoms with E-state index in [1.807, 2.05) is 25.1 Å². The van der Waals surface area contributed by atoms with Crippen molar-refractivity contribution in [3.8, 4) is 11.5 Å². The van der Waals surface area contributed by atoms with Crippen molar-refractivity contribution >= 4 is 51.7 Å². The Kier molecular flexibility index (Phi) is 6.96. The van der Waals surface area contributed by atoms with Gasteiger partial charge in [0.25, 0.3) is 0 Å². The second-order valence-corrected chi connectivity index (χ2v) is 8.91. The minimum Gasteiger partial charge on any atom is -0.454 e. The molecule has 0 spiro atoms. The molecule has 166 valence electrons. The van der Waals surface area contributed by atoms with Crippen LogP contribution in [0.4, 0.5) is 5.69 Å². The number of aryl methyl sites for hydroxylation is 1. The minimum atomic E-state index is -0.595. The van der Waals surface area contributed by atoms with Crippen molar-refractivity contribution in [1.82, 2.24) is 5.32 Å². The second-order valence-electron chi connectivity index (χ2n) is 7.28. The number of ether oxygens (including phenoxy) is 2. The molecule has 32 heavy (non-hydrogen) atoms. The maximum absolute atomic E-state index is 12.6. The Hall–Kier alpha value is -3.04. The van der Waals surface area contributed by atoms with Crippen LogP contribution in [0.2, 0.25) is 5.02 Å². The lowest BCUT2D eigenvalue weighted by Crippen LogP contribution is -2.41. The van der Waals surface area contributed by atoms with Crippen LogP contribution in [0.5, 0.6) is 11.5 Å². The second kappa shape index (κ2) is 10.1. The highest BCUT2D eigenvalue weighted by Crippen LogP contribution is 2.32. The Bertz CT molecular complexity index is 1090. The molecule has 0 radical (unpaired) electrons. The van der Waals surface area contributed by atoms with E-state index in [1.165, 1.54) is 11.8 Å². The summed E-state index contributed by atoms with van der Waals surface area (Å²) in [5, 5.41) is 14.1. The van der Waals surface area contributed by atoms with Gasteiger partial charge in [0, 0.05) is 22.8 Å². The molecule has 2 amide bonds. The fourth-order valence-electron chi connectivity index (χ4n) is 3.10. The average Bonchev–Trinajstić information content (AvgIpc) is 3.25. The van der Waals surface area contributed by atoms with Crippen LogP contribution in [0.25, 0.3) is 0 Å². The summed E-state index contributed by atoms with van der Waals surface area (Å²) in [5.41, 5.74) is 2.52. The van der Waals surface area contributed by atoms with Crippen molar-refractivity contribution in [2.75, 3.05) is 12.1 Å². The summed E-state index contributed by atoms with van der Waals surface area (Å²) in [6.45, 7) is 2.12. The maximum Gasteiger partial charge on any atom is 0.238 e. The molecule has 4 rings (SSSR count). The Labute approximate surface area is 194 Å². The van der Waals surface area contributed by atoms with Crippen LogP contribution in [0.1, 0.15) is 25.3 Å². The van der Waals surface area contributed by atoms with E-state index in [2.05, 4.69) is 20.8 Å². The summed E-state index contributed by atoms with van der Waals surface area (Å²) < 4.78 is 10.7. The van der Waals surface area contributed by atoms with Gasteiger partial charge in [0.15, 0.2) is 16.7 Å². The molecule has 2 aliphatic heterocycles. The number of halogens is 1. The fraction of sp³-hybridized carbons (Fsp3) is 0.273. The molecule has 2 heterocycles. The van der Waals surface area contributed by atoms with E-state index in [9.17, 15) is 9.59 Å². The molecule has 1 saturated heterocycles. The van der Waals surface area contributed by atoms with Crippen molar-refractivity contribution in [1.29, 1.82) is 0 Å². The van der Waals surface area contributed by atoms with E-state index in [-0.39, 0.29) is 25.0 Å². The van der Waals surface area contributed by atoms with E-state index in [0.717, 1.165) is 29.2 Å². The molecular weight excluding hydrogens is 452 g/mol. The Morgan fingerprint density at radius 2 is 2.00 bits per heavy atom. The molecule has 2 N–H and O–H groups in total. The predicted octanol–water partition coefficient (Wildman–Crippen LogP) is 3.99. The van der Waals surface area contributed by atoms with Crippen LogP contribution in [0.15, 0.2) is 52.7 Å². The smallest absolute Gasteiger partial charge is 0.238 e. The molecule has 0 aromatic heterocycles. The van der Waals surface area contributed by atoms with Gasteiger partial charge in [-0.3, -0.25) is 9.59 Å². The van der Waals surface area contributed by atoms with Crippen molar-refractivity contribution in [2.24, 2.45) is 10.2 Å². The molecule has 0 aliphatic carbocycles. The highest BCUT2D eigenvalue weighted by Gasteiger charge is 2.30. The molecule has 8 nitrogen and oxygen atoms in total. The van der Waals surface area contributed by atoms with Gasteiger partial charge in [-0.15, -0.1) is 5.10 Å². The van der Waals surface area contributed by atoms with Gasteiger partial charge in [-0.25, -0.2) is 0 Å². The highest BCUT2D eigenvalue weighted by molar-refractivity contribution is 8.15. The van der Waals surface area contributed by atoms with Crippen molar-refractivity contribution in [3.63, 3.8) is 0 Å². The molecular formula is C22H21ClN4O4S. The first-order valence-corrected chi connectivity index (χ1v) is 11.2. The standard InChI is InChI=1S/C22H21ClN4O4S/c1-13(2-3-14-4-9-17-18(10-14)31-12-30-17)26-27-22-25-20(28)11-19(32-22)21(29)24-16-7-5-15(23)6-8-16/h4-10,19H,2-3,11-12H2,1H3,(H,24,29)(H,25,27,28). The van der Waals surface area contributed by atoms with Gasteiger partial charge >= 0.3 is 0 Å². The molecule has 2 aliphatic rings. The van der Waals surface area contributed by atoms with Crippen molar-refractivity contribution in [3.05, 3.63) is 53.1 Å². The fourth-order valence-corrected chi connectivity index (χ4v) is 4.15. The molecule has 0 saturated carbocycles. The first kappa shape index (κ1) is 22.2. The Morgan fingerprint density at radius 3 is 2.81 bits per heavy atom. The zero-order valence-electron chi connectivity index (χ0n) is 17.3. The quantitative estimate of drug-likeness (QED) is 0.489. The summed E-state index contributed by atoms with van der Waals surface area (Å²) in [4.78, 5) is 24.6. The third kappa shape index (κ3) is 5.80. The number of nitrogens with one attached hydrogen (secondary N) is 2. The van der Waals surface area contributed by atoms with Crippen molar-refractivity contribution < 1.29 is 19.1 Å². The largest absolute Gasteiger partial charge is 0.454 e. The predicted molar refractivity (Wildman–Crippen MR) is 126 cm³/mol. The molecule has 2 aromatic carbocycles. The number of carbonyl (C=O) groups is 2. The molecule has 0 bridgehead atoms. The van der Waals surface area contributed by atoms with E-state index in [1.54, 1.807) is 24.3 Å². The van der Waals surface area contributed by atoms with E-state index < -0.39 is 5.25 Å². The molecule has 1 unspecified atom stereocenters. The number of amides is 2. The van der Waals surface area contributed by atoms with Crippen LogP contribution in [-0.4, -0.2) is 34.7 Å². The number of rotatable bonds is 6. The lowest BCUT2D eigenvalue weighted by atomic mass is 10.1. The van der Waals surface area contributed by atoms with Gasteiger partial charge in [0.2, 0.25) is 18.6 Å². The molecule has 1 fully saturated rings. The number of amidine groups is 1. The monoisotopic (exact) mass is 472 g/mol. The van der Waals surface area contributed by atoms with Gasteiger partial charge in [0.1, 0.15) is 5.25 Å². The normalized spacial score (nSPS) is 19.1. The minimum absolute atomic E-state index is 0.0654. The maximum atomic E-state index is 12.6. The lowest BCUT2D eigenvalue weighted by Gasteiger charge is -2.21. The first-order valence-electron chi connectivity index (χ1n) is 9.99. The van der Waals surface area contributed by atoms with E-state index >= 15 is 0 Å². The summed E-state index contributed by atoms with van der Waals surface area (Å²) in [6.07, 6.45) is 1.52. The van der Waals surface area contributed by atoms with E-state index in [0.29, 0.717) is 22.3 Å². The number of fused-ring (bicyclic) bond motifs is 1. The number of carbonyl (C=O) groups excluding carboxylic acids is 2. The SMILES string of the molecule is CC(CCc1ccc2c(c1)OCO2)=N/N=C1/NC(=O)CC(C(=O)Nc2ccc(Cl)cc2)S1. The topological polar surface area (TPSA) is 101 Å². The molecule has 1 atom stereocenters. The number of hydrogen-bond acceptors (Lipinski definition) is 7. The van der Waals surface area contributed by atoms with Crippen LogP contribution in [0, 0.1) is 0 Å². The number of hydrogen-bond donors (Lipinski definition) is 2. The molecule has 2 aromatic rings. The third-order valence-electron chi connectivity index (χ3n) is 4.80.